The summed E-state index contributed by atoms with van der Waals surface area (Å²) in [6.45, 7) is 0.376. The highest BCUT2D eigenvalue weighted by molar-refractivity contribution is 9.10. The minimum Gasteiger partial charge on any atom is -0.398 e. The predicted molar refractivity (Wildman–Crippen MR) is 89.0 cm³/mol. The molecule has 0 unspecified atom stereocenters. The van der Waals surface area contributed by atoms with Crippen LogP contribution in [0.3, 0.4) is 0 Å². The van der Waals surface area contributed by atoms with Crippen LogP contribution in [0.25, 0.3) is 0 Å². The van der Waals surface area contributed by atoms with E-state index in [-0.39, 0.29) is 10.4 Å². The van der Waals surface area contributed by atoms with Crippen LogP contribution < -0.4 is 10.5 Å². The second kappa shape index (κ2) is 6.04. The summed E-state index contributed by atoms with van der Waals surface area (Å²) in [5, 5.41) is 0.294. The molecule has 3 N–H and O–H groups in total. The summed E-state index contributed by atoms with van der Waals surface area (Å²) in [5.74, 6) is 0. The maximum atomic E-state index is 12.5. The van der Waals surface area contributed by atoms with Crippen molar-refractivity contribution in [3.63, 3.8) is 0 Å². The smallest absolute Gasteiger partial charge is 0.241 e. The van der Waals surface area contributed by atoms with E-state index in [0.29, 0.717) is 21.7 Å². The summed E-state index contributed by atoms with van der Waals surface area (Å²) in [5.41, 5.74) is 5.96. The molecule has 21 heavy (non-hydrogen) atoms. The van der Waals surface area contributed by atoms with E-state index in [1.807, 2.05) is 14.1 Å². The first kappa shape index (κ1) is 17.0. The van der Waals surface area contributed by atoms with Crippen molar-refractivity contribution in [2.24, 2.45) is 0 Å². The number of sulfonamides is 1. The molecule has 2 rings (SSSR count). The normalized spacial score (nSPS) is 17.8. The molecule has 1 aromatic rings. The van der Waals surface area contributed by atoms with Gasteiger partial charge in [0.25, 0.3) is 0 Å². The van der Waals surface area contributed by atoms with Crippen LogP contribution in [0.15, 0.2) is 21.5 Å². The second-order valence-electron chi connectivity index (χ2n) is 5.60. The Morgan fingerprint density at radius 2 is 2.05 bits per heavy atom. The summed E-state index contributed by atoms with van der Waals surface area (Å²) < 4.78 is 28.0. The third kappa shape index (κ3) is 3.37. The molecule has 0 aromatic heterocycles. The highest BCUT2D eigenvalue weighted by Gasteiger charge is 2.40. The lowest BCUT2D eigenvalue weighted by Crippen LogP contribution is -2.57. The van der Waals surface area contributed by atoms with E-state index in [1.54, 1.807) is 0 Å². The third-order valence-corrected chi connectivity index (χ3v) is 6.94. The van der Waals surface area contributed by atoms with Crippen molar-refractivity contribution >= 4 is 43.2 Å². The highest BCUT2D eigenvalue weighted by Crippen LogP contribution is 2.36. The van der Waals surface area contributed by atoms with Crippen LogP contribution in [0.1, 0.15) is 19.3 Å². The van der Waals surface area contributed by atoms with Crippen LogP contribution in [-0.2, 0) is 10.0 Å². The maximum Gasteiger partial charge on any atom is 0.241 e. The lowest BCUT2D eigenvalue weighted by atomic mass is 9.76. The second-order valence-corrected chi connectivity index (χ2v) is 8.57. The van der Waals surface area contributed by atoms with Crippen LogP contribution >= 0.6 is 27.5 Å². The first-order valence-corrected chi connectivity index (χ1v) is 9.25. The molecule has 0 spiro atoms. The first-order chi connectivity index (χ1) is 9.68. The Morgan fingerprint density at radius 3 is 2.52 bits per heavy atom. The number of nitrogen functional groups attached to an aromatic ring is 1. The minimum atomic E-state index is -3.67. The van der Waals surface area contributed by atoms with Gasteiger partial charge in [-0.15, -0.1) is 0 Å². The van der Waals surface area contributed by atoms with Crippen LogP contribution in [0, 0.1) is 0 Å². The number of rotatable bonds is 5. The molecule has 1 aliphatic carbocycles. The number of likely N-dealkylation sites (N-methyl/N-ethyl adjacent to an activating group) is 1. The van der Waals surface area contributed by atoms with E-state index in [4.69, 9.17) is 17.3 Å². The molecule has 0 saturated heterocycles. The molecule has 1 saturated carbocycles. The fraction of sp³-hybridized carbons (Fsp3) is 0.538. The SMILES string of the molecule is CN(C)C1(CNS(=O)(=O)c2cc(Cl)cc(N)c2Br)CCC1. The van der Waals surface area contributed by atoms with Crippen molar-refractivity contribution in [2.45, 2.75) is 29.7 Å². The molecule has 118 valence electrons. The average Bonchev–Trinajstić information content (AvgIpc) is 2.31. The number of anilines is 1. The zero-order valence-electron chi connectivity index (χ0n) is 12.0. The van der Waals surface area contributed by atoms with Gasteiger partial charge in [0.2, 0.25) is 10.0 Å². The van der Waals surface area contributed by atoms with Crippen molar-refractivity contribution < 1.29 is 8.42 Å². The monoisotopic (exact) mass is 395 g/mol. The van der Waals surface area contributed by atoms with E-state index in [1.165, 1.54) is 12.1 Å². The van der Waals surface area contributed by atoms with Crippen LogP contribution in [0.2, 0.25) is 5.02 Å². The Bertz CT molecular complexity index is 645. The Morgan fingerprint density at radius 1 is 1.43 bits per heavy atom. The fourth-order valence-electron chi connectivity index (χ4n) is 2.45. The van der Waals surface area contributed by atoms with Gasteiger partial charge in [-0.05, 0) is 61.4 Å². The third-order valence-electron chi connectivity index (χ3n) is 4.15. The Kier molecular flexibility index (Phi) is 4.90. The number of nitrogens with two attached hydrogens (primary N) is 1. The van der Waals surface area contributed by atoms with Gasteiger partial charge < -0.3 is 10.6 Å². The minimum absolute atomic E-state index is 0.0701. The Hall–Kier alpha value is -0.340. The molecular weight excluding hydrogens is 378 g/mol. The summed E-state index contributed by atoms with van der Waals surface area (Å²) in [6.07, 6.45) is 3.09. The van der Waals surface area contributed by atoms with Gasteiger partial charge in [-0.2, -0.15) is 0 Å². The van der Waals surface area contributed by atoms with E-state index in [2.05, 4.69) is 25.6 Å². The summed E-state index contributed by atoms with van der Waals surface area (Å²) >= 11 is 9.12. The number of hydrogen-bond donors (Lipinski definition) is 2. The van der Waals surface area contributed by atoms with Crippen molar-refractivity contribution in [2.75, 3.05) is 26.4 Å². The Labute approximate surface area is 139 Å². The van der Waals surface area contributed by atoms with Crippen molar-refractivity contribution in [3.05, 3.63) is 21.6 Å². The molecule has 0 aliphatic heterocycles. The van der Waals surface area contributed by atoms with E-state index in [9.17, 15) is 8.42 Å². The number of benzene rings is 1. The zero-order valence-corrected chi connectivity index (χ0v) is 15.1. The standard InChI is InChI=1S/C13H19BrClN3O2S/c1-18(2)13(4-3-5-13)8-17-21(19,20)11-7-9(15)6-10(16)12(11)14/h6-7,17H,3-5,8,16H2,1-2H3. The maximum absolute atomic E-state index is 12.5. The van der Waals surface area contributed by atoms with Gasteiger partial charge >= 0.3 is 0 Å². The molecule has 8 heteroatoms. The summed E-state index contributed by atoms with van der Waals surface area (Å²) in [7, 11) is 0.279. The summed E-state index contributed by atoms with van der Waals surface area (Å²) in [4.78, 5) is 2.15. The first-order valence-electron chi connectivity index (χ1n) is 6.60. The van der Waals surface area contributed by atoms with Crippen LogP contribution in [0.5, 0.6) is 0 Å². The lowest BCUT2D eigenvalue weighted by Gasteiger charge is -2.47. The lowest BCUT2D eigenvalue weighted by molar-refractivity contribution is 0.0657. The van der Waals surface area contributed by atoms with Gasteiger partial charge in [-0.1, -0.05) is 11.6 Å². The molecule has 0 bridgehead atoms. The van der Waals surface area contributed by atoms with E-state index in [0.717, 1.165) is 19.3 Å². The molecule has 0 amide bonds. The summed E-state index contributed by atoms with van der Waals surface area (Å²) in [6, 6.07) is 2.91. The molecule has 1 aromatic carbocycles. The number of nitrogens with one attached hydrogen (secondary N) is 1. The number of nitrogens with zero attached hydrogens (tertiary/aromatic N) is 1. The van der Waals surface area contributed by atoms with Crippen molar-refractivity contribution in [1.82, 2.24) is 9.62 Å². The van der Waals surface area contributed by atoms with Gasteiger partial charge in [-0.3, -0.25) is 0 Å². The number of hydrogen-bond acceptors (Lipinski definition) is 4. The van der Waals surface area contributed by atoms with Crippen LogP contribution in [0.4, 0.5) is 5.69 Å². The quantitative estimate of drug-likeness (QED) is 0.750. The van der Waals surface area contributed by atoms with Gasteiger partial charge in [0.05, 0.1) is 9.37 Å². The largest absolute Gasteiger partial charge is 0.398 e. The number of halogens is 2. The van der Waals surface area contributed by atoms with Gasteiger partial charge in [0.15, 0.2) is 0 Å². The molecule has 1 aliphatic rings. The fourth-order valence-corrected chi connectivity index (χ4v) is 4.86. The zero-order chi connectivity index (χ0) is 15.8. The highest BCUT2D eigenvalue weighted by atomic mass is 79.9. The predicted octanol–water partition coefficient (Wildman–Crippen LogP) is 2.45. The van der Waals surface area contributed by atoms with Crippen LogP contribution in [-0.4, -0.2) is 39.5 Å². The van der Waals surface area contributed by atoms with Crippen molar-refractivity contribution in [3.8, 4) is 0 Å². The van der Waals surface area contributed by atoms with E-state index < -0.39 is 10.0 Å². The molecule has 0 radical (unpaired) electrons. The van der Waals surface area contributed by atoms with Gasteiger partial charge in [0, 0.05) is 22.8 Å². The topological polar surface area (TPSA) is 75.4 Å². The molecule has 0 atom stereocenters. The van der Waals surface area contributed by atoms with Crippen molar-refractivity contribution in [1.29, 1.82) is 0 Å². The molecule has 5 nitrogen and oxygen atoms in total. The molecular formula is C13H19BrClN3O2S. The van der Waals surface area contributed by atoms with Gasteiger partial charge in [0.1, 0.15) is 0 Å². The average molecular weight is 397 g/mol. The van der Waals surface area contributed by atoms with E-state index >= 15 is 0 Å². The molecule has 1 fully saturated rings. The van der Waals surface area contributed by atoms with Gasteiger partial charge in [-0.25, -0.2) is 13.1 Å². The molecule has 0 heterocycles. The Balaban J connectivity index is 2.24.